The molecule has 0 spiro atoms. The standard InChI is InChI=1S/C46H88O4/c1-3-4-5-6-7-8-9-10-11-12-14-19-22-25-28-31-34-37-40-43-46(49)50-44(2)41-38-35-32-29-26-23-20-17-15-13-16-18-21-24-27-30-33-36-39-42-45(47)48/h10-11,44H,3-9,12-43H2,1-2H3,(H,47,48)/b11-10-. The van der Waals surface area contributed by atoms with Crippen molar-refractivity contribution in [2.24, 2.45) is 0 Å². The molecular formula is C46H88O4. The highest BCUT2D eigenvalue weighted by Crippen LogP contribution is 2.17. The van der Waals surface area contributed by atoms with Crippen LogP contribution in [0.25, 0.3) is 0 Å². The van der Waals surface area contributed by atoms with Crippen LogP contribution in [0.4, 0.5) is 0 Å². The van der Waals surface area contributed by atoms with Crippen LogP contribution in [0.1, 0.15) is 264 Å². The van der Waals surface area contributed by atoms with Gasteiger partial charge in [-0.3, -0.25) is 9.59 Å². The minimum Gasteiger partial charge on any atom is -0.481 e. The minimum absolute atomic E-state index is 0.0109. The van der Waals surface area contributed by atoms with Gasteiger partial charge >= 0.3 is 11.9 Å². The average molecular weight is 705 g/mol. The number of carbonyl (C=O) groups is 2. The van der Waals surface area contributed by atoms with E-state index in [1.165, 1.54) is 205 Å². The summed E-state index contributed by atoms with van der Waals surface area (Å²) in [5.74, 6) is -0.648. The second kappa shape index (κ2) is 42.1. The van der Waals surface area contributed by atoms with E-state index in [2.05, 4.69) is 26.0 Å². The number of allylic oxidation sites excluding steroid dienone is 2. The van der Waals surface area contributed by atoms with E-state index in [-0.39, 0.29) is 12.1 Å². The number of hydrogen-bond donors (Lipinski definition) is 1. The van der Waals surface area contributed by atoms with E-state index in [1.54, 1.807) is 0 Å². The molecule has 0 fully saturated rings. The van der Waals surface area contributed by atoms with E-state index in [0.29, 0.717) is 12.8 Å². The zero-order valence-electron chi connectivity index (χ0n) is 34.0. The number of carbonyl (C=O) groups excluding carboxylic acids is 1. The topological polar surface area (TPSA) is 63.6 Å². The van der Waals surface area contributed by atoms with Crippen LogP contribution in [0.3, 0.4) is 0 Å². The van der Waals surface area contributed by atoms with Crippen LogP contribution in [0.2, 0.25) is 0 Å². The molecule has 1 atom stereocenters. The third-order valence-electron chi connectivity index (χ3n) is 10.5. The molecule has 0 aromatic heterocycles. The number of unbranched alkanes of at least 4 members (excludes halogenated alkanes) is 33. The Balaban J connectivity index is 3.28. The van der Waals surface area contributed by atoms with Gasteiger partial charge in [-0.25, -0.2) is 0 Å². The lowest BCUT2D eigenvalue weighted by Gasteiger charge is -2.13. The van der Waals surface area contributed by atoms with Crippen molar-refractivity contribution in [3.05, 3.63) is 12.2 Å². The molecule has 0 radical (unpaired) electrons. The molecule has 1 N–H and O–H groups in total. The highest BCUT2D eigenvalue weighted by Gasteiger charge is 2.09. The Morgan fingerprint density at radius 3 is 1.10 bits per heavy atom. The summed E-state index contributed by atoms with van der Waals surface area (Å²) in [6.45, 7) is 4.35. The van der Waals surface area contributed by atoms with Gasteiger partial charge in [0.15, 0.2) is 0 Å². The molecule has 0 aliphatic carbocycles. The molecule has 0 heterocycles. The molecule has 0 amide bonds. The van der Waals surface area contributed by atoms with Gasteiger partial charge in [-0.1, -0.05) is 205 Å². The summed E-state index contributed by atoms with van der Waals surface area (Å²) in [5, 5.41) is 8.66. The van der Waals surface area contributed by atoms with Gasteiger partial charge < -0.3 is 9.84 Å². The molecule has 0 aliphatic heterocycles. The molecule has 4 heteroatoms. The first-order valence-electron chi connectivity index (χ1n) is 22.6. The number of rotatable bonds is 42. The first-order chi connectivity index (χ1) is 24.6. The van der Waals surface area contributed by atoms with E-state index >= 15 is 0 Å². The average Bonchev–Trinajstić information content (AvgIpc) is 3.09. The summed E-state index contributed by atoms with van der Waals surface area (Å²) in [5.41, 5.74) is 0. The van der Waals surface area contributed by atoms with Crippen LogP contribution < -0.4 is 0 Å². The summed E-state index contributed by atoms with van der Waals surface area (Å²) >= 11 is 0. The Bertz CT molecular complexity index is 717. The molecule has 0 rings (SSSR count). The Hall–Kier alpha value is -1.32. The molecule has 0 aliphatic rings. The molecule has 296 valence electrons. The summed E-state index contributed by atoms with van der Waals surface area (Å²) < 4.78 is 5.68. The van der Waals surface area contributed by atoms with Crippen molar-refractivity contribution in [2.75, 3.05) is 0 Å². The summed E-state index contributed by atoms with van der Waals surface area (Å²) in [6, 6.07) is 0. The van der Waals surface area contributed by atoms with Crippen molar-refractivity contribution in [1.29, 1.82) is 0 Å². The normalized spacial score (nSPS) is 12.2. The van der Waals surface area contributed by atoms with Gasteiger partial charge in [-0.2, -0.15) is 0 Å². The lowest BCUT2D eigenvalue weighted by Crippen LogP contribution is -2.14. The predicted octanol–water partition coefficient (Wildman–Crippen LogP) is 15.8. The molecule has 0 aromatic carbocycles. The summed E-state index contributed by atoms with van der Waals surface area (Å²) in [7, 11) is 0. The lowest BCUT2D eigenvalue weighted by molar-refractivity contribution is -0.148. The lowest BCUT2D eigenvalue weighted by atomic mass is 10.0. The Labute approximate surface area is 313 Å². The van der Waals surface area contributed by atoms with Gasteiger partial charge in [0.05, 0.1) is 6.10 Å². The van der Waals surface area contributed by atoms with Crippen molar-refractivity contribution in [3.63, 3.8) is 0 Å². The summed E-state index contributed by atoms with van der Waals surface area (Å²) in [6.07, 6.45) is 53.9. The fourth-order valence-corrected chi connectivity index (χ4v) is 7.10. The smallest absolute Gasteiger partial charge is 0.306 e. The Morgan fingerprint density at radius 1 is 0.440 bits per heavy atom. The van der Waals surface area contributed by atoms with Crippen molar-refractivity contribution < 1.29 is 19.4 Å². The highest BCUT2D eigenvalue weighted by atomic mass is 16.5. The van der Waals surface area contributed by atoms with Crippen molar-refractivity contribution in [2.45, 2.75) is 270 Å². The third-order valence-corrected chi connectivity index (χ3v) is 10.5. The maximum atomic E-state index is 12.2. The van der Waals surface area contributed by atoms with E-state index in [0.717, 1.165) is 32.1 Å². The predicted molar refractivity (Wildman–Crippen MR) is 218 cm³/mol. The molecule has 0 aromatic rings. The quantitative estimate of drug-likeness (QED) is 0.0390. The van der Waals surface area contributed by atoms with Crippen LogP contribution in [0.5, 0.6) is 0 Å². The molecule has 0 bridgehead atoms. The van der Waals surface area contributed by atoms with E-state index in [4.69, 9.17) is 9.84 Å². The fourth-order valence-electron chi connectivity index (χ4n) is 7.10. The van der Waals surface area contributed by atoms with Crippen LogP contribution in [-0.2, 0) is 14.3 Å². The first-order valence-corrected chi connectivity index (χ1v) is 22.6. The van der Waals surface area contributed by atoms with Gasteiger partial charge in [0, 0.05) is 12.8 Å². The highest BCUT2D eigenvalue weighted by molar-refractivity contribution is 5.69. The zero-order chi connectivity index (χ0) is 36.4. The number of carboxylic acids is 1. The largest absolute Gasteiger partial charge is 0.481 e. The number of ether oxygens (including phenoxy) is 1. The molecule has 0 saturated heterocycles. The number of hydrogen-bond acceptors (Lipinski definition) is 3. The zero-order valence-corrected chi connectivity index (χ0v) is 34.0. The number of carboxylic acid groups (broad SMARTS) is 1. The van der Waals surface area contributed by atoms with Gasteiger partial charge in [0.25, 0.3) is 0 Å². The molecule has 0 saturated carbocycles. The van der Waals surface area contributed by atoms with Crippen molar-refractivity contribution in [1.82, 2.24) is 0 Å². The van der Waals surface area contributed by atoms with E-state index in [1.807, 2.05) is 0 Å². The SMILES string of the molecule is CCCCCCCC/C=C\CCCCCCCCCCCC(=O)OC(C)CCCCCCCCCCCCCCCCCCCCCC(=O)O. The van der Waals surface area contributed by atoms with Crippen LogP contribution in [0.15, 0.2) is 12.2 Å². The second-order valence-corrected chi connectivity index (χ2v) is 15.7. The van der Waals surface area contributed by atoms with Gasteiger partial charge in [0.1, 0.15) is 0 Å². The number of aliphatic carboxylic acids is 1. The molecular weight excluding hydrogens is 617 g/mol. The summed E-state index contributed by atoms with van der Waals surface area (Å²) in [4.78, 5) is 22.7. The maximum absolute atomic E-state index is 12.2. The van der Waals surface area contributed by atoms with Crippen LogP contribution in [-0.4, -0.2) is 23.1 Å². The minimum atomic E-state index is -0.659. The number of esters is 1. The third kappa shape index (κ3) is 42.8. The molecule has 4 nitrogen and oxygen atoms in total. The van der Waals surface area contributed by atoms with Crippen molar-refractivity contribution >= 4 is 11.9 Å². The van der Waals surface area contributed by atoms with Crippen LogP contribution >= 0.6 is 0 Å². The van der Waals surface area contributed by atoms with Crippen molar-refractivity contribution in [3.8, 4) is 0 Å². The van der Waals surface area contributed by atoms with E-state index in [9.17, 15) is 9.59 Å². The second-order valence-electron chi connectivity index (χ2n) is 15.7. The van der Waals surface area contributed by atoms with Gasteiger partial charge in [-0.15, -0.1) is 0 Å². The van der Waals surface area contributed by atoms with Gasteiger partial charge in [-0.05, 0) is 58.3 Å². The molecule has 50 heavy (non-hydrogen) atoms. The Morgan fingerprint density at radius 2 is 0.740 bits per heavy atom. The Kier molecular flexibility index (Phi) is 41.0. The molecule has 1 unspecified atom stereocenters. The van der Waals surface area contributed by atoms with Gasteiger partial charge in [0.2, 0.25) is 0 Å². The maximum Gasteiger partial charge on any atom is 0.306 e. The fraction of sp³-hybridized carbons (Fsp3) is 0.913. The monoisotopic (exact) mass is 705 g/mol. The van der Waals surface area contributed by atoms with E-state index < -0.39 is 5.97 Å². The van der Waals surface area contributed by atoms with Crippen LogP contribution in [0, 0.1) is 0 Å². The first kappa shape index (κ1) is 48.7.